The monoisotopic (exact) mass is 256 g/mol. The molecule has 96 valence electrons. The first kappa shape index (κ1) is 14.0. The quantitative estimate of drug-likeness (QED) is 0.785. The first-order chi connectivity index (χ1) is 8.17. The lowest BCUT2D eigenvalue weighted by Gasteiger charge is -2.12. The molecular weight excluding hydrogens is 236 g/mol. The van der Waals surface area contributed by atoms with Crippen LogP contribution in [0.2, 0.25) is 5.02 Å². The zero-order valence-corrected chi connectivity index (χ0v) is 11.5. The zero-order valence-electron chi connectivity index (χ0n) is 10.8. The van der Waals surface area contributed by atoms with Crippen molar-refractivity contribution in [2.75, 3.05) is 23.7 Å². The van der Waals surface area contributed by atoms with Crippen LogP contribution in [0.3, 0.4) is 0 Å². The average Bonchev–Trinajstić information content (AvgIpc) is 2.35. The van der Waals surface area contributed by atoms with E-state index in [1.54, 1.807) is 6.20 Å². The van der Waals surface area contributed by atoms with Gasteiger partial charge in [0.15, 0.2) is 0 Å². The van der Waals surface area contributed by atoms with Crippen molar-refractivity contribution in [1.82, 2.24) is 9.97 Å². The van der Waals surface area contributed by atoms with E-state index in [4.69, 9.17) is 11.6 Å². The fourth-order valence-corrected chi connectivity index (χ4v) is 1.39. The van der Waals surface area contributed by atoms with Gasteiger partial charge in [-0.15, -0.1) is 0 Å². The molecule has 0 amide bonds. The molecule has 0 radical (unpaired) electrons. The molecule has 0 aliphatic rings. The Balaban J connectivity index is 2.62. The van der Waals surface area contributed by atoms with E-state index in [9.17, 15) is 0 Å². The molecule has 0 bridgehead atoms. The van der Waals surface area contributed by atoms with Crippen LogP contribution in [-0.2, 0) is 0 Å². The zero-order chi connectivity index (χ0) is 12.7. The van der Waals surface area contributed by atoms with Crippen molar-refractivity contribution in [3.05, 3.63) is 11.2 Å². The second-order valence-corrected chi connectivity index (χ2v) is 4.62. The second kappa shape index (κ2) is 7.33. The predicted octanol–water partition coefficient (Wildman–Crippen LogP) is 3.41. The molecule has 0 saturated carbocycles. The SMILES string of the molecule is CCCNc1ncc(Cl)c(NCC(C)CC)n1. The minimum Gasteiger partial charge on any atom is -0.368 e. The van der Waals surface area contributed by atoms with E-state index < -0.39 is 0 Å². The molecule has 0 saturated heterocycles. The van der Waals surface area contributed by atoms with Crippen LogP contribution in [0.25, 0.3) is 0 Å². The summed E-state index contributed by atoms with van der Waals surface area (Å²) in [5, 5.41) is 6.97. The van der Waals surface area contributed by atoms with Crippen LogP contribution in [0.1, 0.15) is 33.6 Å². The highest BCUT2D eigenvalue weighted by molar-refractivity contribution is 6.32. The van der Waals surface area contributed by atoms with Gasteiger partial charge in [0.1, 0.15) is 10.8 Å². The average molecular weight is 257 g/mol. The molecule has 1 heterocycles. The van der Waals surface area contributed by atoms with E-state index >= 15 is 0 Å². The number of hydrogen-bond donors (Lipinski definition) is 2. The lowest BCUT2D eigenvalue weighted by atomic mass is 10.1. The molecule has 5 heteroatoms. The largest absolute Gasteiger partial charge is 0.368 e. The molecule has 4 nitrogen and oxygen atoms in total. The molecule has 17 heavy (non-hydrogen) atoms. The number of hydrogen-bond acceptors (Lipinski definition) is 4. The summed E-state index contributed by atoms with van der Waals surface area (Å²) < 4.78 is 0. The third-order valence-corrected chi connectivity index (χ3v) is 2.87. The van der Waals surface area contributed by atoms with Crippen LogP contribution in [0.15, 0.2) is 6.20 Å². The smallest absolute Gasteiger partial charge is 0.224 e. The first-order valence-corrected chi connectivity index (χ1v) is 6.55. The van der Waals surface area contributed by atoms with Crippen LogP contribution >= 0.6 is 11.6 Å². The van der Waals surface area contributed by atoms with Crippen molar-refractivity contribution < 1.29 is 0 Å². The van der Waals surface area contributed by atoms with E-state index in [0.717, 1.165) is 25.9 Å². The van der Waals surface area contributed by atoms with Crippen molar-refractivity contribution >= 4 is 23.4 Å². The van der Waals surface area contributed by atoms with Gasteiger partial charge >= 0.3 is 0 Å². The lowest BCUT2D eigenvalue weighted by Crippen LogP contribution is -2.13. The molecule has 1 atom stereocenters. The highest BCUT2D eigenvalue weighted by Crippen LogP contribution is 2.19. The lowest BCUT2D eigenvalue weighted by molar-refractivity contribution is 0.592. The van der Waals surface area contributed by atoms with E-state index in [-0.39, 0.29) is 0 Å². The molecule has 2 N–H and O–H groups in total. The fourth-order valence-electron chi connectivity index (χ4n) is 1.23. The van der Waals surface area contributed by atoms with Crippen molar-refractivity contribution in [1.29, 1.82) is 0 Å². The van der Waals surface area contributed by atoms with Crippen LogP contribution < -0.4 is 10.6 Å². The van der Waals surface area contributed by atoms with Crippen LogP contribution in [-0.4, -0.2) is 23.1 Å². The molecule has 1 rings (SSSR count). The van der Waals surface area contributed by atoms with Gasteiger partial charge in [-0.05, 0) is 12.3 Å². The number of nitrogens with zero attached hydrogens (tertiary/aromatic N) is 2. The minimum atomic E-state index is 0.565. The van der Waals surface area contributed by atoms with Gasteiger partial charge in [-0.1, -0.05) is 38.8 Å². The maximum Gasteiger partial charge on any atom is 0.224 e. The van der Waals surface area contributed by atoms with Crippen molar-refractivity contribution in [2.45, 2.75) is 33.6 Å². The summed E-state index contributed by atoms with van der Waals surface area (Å²) in [4.78, 5) is 8.48. The molecule has 0 fully saturated rings. The Morgan fingerprint density at radius 2 is 2.12 bits per heavy atom. The Labute approximate surface area is 108 Å². The Hall–Kier alpha value is -1.03. The minimum absolute atomic E-state index is 0.565. The third-order valence-electron chi connectivity index (χ3n) is 2.59. The summed E-state index contributed by atoms with van der Waals surface area (Å²) >= 11 is 6.04. The van der Waals surface area contributed by atoms with Gasteiger partial charge in [-0.3, -0.25) is 0 Å². The third kappa shape index (κ3) is 4.77. The van der Waals surface area contributed by atoms with Gasteiger partial charge in [-0.25, -0.2) is 4.98 Å². The van der Waals surface area contributed by atoms with Gasteiger partial charge in [-0.2, -0.15) is 4.98 Å². The fraction of sp³-hybridized carbons (Fsp3) is 0.667. The van der Waals surface area contributed by atoms with E-state index in [2.05, 4.69) is 41.4 Å². The van der Waals surface area contributed by atoms with Crippen molar-refractivity contribution in [3.63, 3.8) is 0 Å². The molecule has 0 aromatic carbocycles. The van der Waals surface area contributed by atoms with Crippen LogP contribution in [0.4, 0.5) is 11.8 Å². The van der Waals surface area contributed by atoms with Gasteiger partial charge in [0.05, 0.1) is 6.20 Å². The Morgan fingerprint density at radius 3 is 2.76 bits per heavy atom. The standard InChI is InChI=1S/C12H21ClN4/c1-4-6-14-12-16-8-10(13)11(17-12)15-7-9(3)5-2/h8-9H,4-7H2,1-3H3,(H2,14,15,16,17). The summed E-state index contributed by atoms with van der Waals surface area (Å²) in [6, 6.07) is 0. The summed E-state index contributed by atoms with van der Waals surface area (Å²) in [7, 11) is 0. The number of anilines is 2. The molecule has 1 unspecified atom stereocenters. The van der Waals surface area contributed by atoms with E-state index in [1.807, 2.05) is 0 Å². The van der Waals surface area contributed by atoms with Crippen molar-refractivity contribution in [3.8, 4) is 0 Å². The molecule has 0 aliphatic heterocycles. The Bertz CT molecular complexity index is 343. The highest BCUT2D eigenvalue weighted by Gasteiger charge is 2.06. The van der Waals surface area contributed by atoms with Gasteiger partial charge < -0.3 is 10.6 Å². The molecule has 1 aromatic rings. The topological polar surface area (TPSA) is 49.8 Å². The molecule has 0 aliphatic carbocycles. The second-order valence-electron chi connectivity index (χ2n) is 4.21. The summed E-state index contributed by atoms with van der Waals surface area (Å²) in [5.74, 6) is 1.94. The maximum atomic E-state index is 6.04. The van der Waals surface area contributed by atoms with E-state index in [0.29, 0.717) is 22.7 Å². The molecular formula is C12H21ClN4. The normalized spacial score (nSPS) is 12.2. The Morgan fingerprint density at radius 1 is 1.35 bits per heavy atom. The Kier molecular flexibility index (Phi) is 6.05. The first-order valence-electron chi connectivity index (χ1n) is 6.17. The number of nitrogens with one attached hydrogen (secondary N) is 2. The van der Waals surface area contributed by atoms with Gasteiger partial charge in [0.25, 0.3) is 0 Å². The summed E-state index contributed by atoms with van der Waals surface area (Å²) in [6.07, 6.45) is 3.81. The summed E-state index contributed by atoms with van der Waals surface area (Å²) in [5.41, 5.74) is 0. The predicted molar refractivity (Wildman–Crippen MR) is 73.8 cm³/mol. The number of aromatic nitrogens is 2. The van der Waals surface area contributed by atoms with Gasteiger partial charge in [0, 0.05) is 13.1 Å². The highest BCUT2D eigenvalue weighted by atomic mass is 35.5. The number of halogens is 1. The van der Waals surface area contributed by atoms with Crippen LogP contribution in [0, 0.1) is 5.92 Å². The molecule has 0 spiro atoms. The van der Waals surface area contributed by atoms with E-state index in [1.165, 1.54) is 0 Å². The summed E-state index contributed by atoms with van der Waals surface area (Å²) in [6.45, 7) is 8.21. The maximum absolute atomic E-state index is 6.04. The molecule has 1 aromatic heterocycles. The van der Waals surface area contributed by atoms with Crippen molar-refractivity contribution in [2.24, 2.45) is 5.92 Å². The van der Waals surface area contributed by atoms with Crippen LogP contribution in [0.5, 0.6) is 0 Å². The number of rotatable bonds is 7. The van der Waals surface area contributed by atoms with Gasteiger partial charge in [0.2, 0.25) is 5.95 Å².